The quantitative estimate of drug-likeness (QED) is 0.258. The molecule has 0 aliphatic carbocycles. The Morgan fingerprint density at radius 2 is 1.59 bits per heavy atom. The number of methoxy groups -OCH3 is 1. The summed E-state index contributed by atoms with van der Waals surface area (Å²) in [5.74, 6) is 0.628. The van der Waals surface area contributed by atoms with Gasteiger partial charge in [-0.15, -0.1) is 0 Å². The molecule has 0 radical (unpaired) electrons. The fraction of sp³-hybridized carbons (Fsp3) is 0.188. The van der Waals surface area contributed by atoms with Crippen molar-refractivity contribution in [2.24, 2.45) is 4.99 Å². The lowest BCUT2D eigenvalue weighted by Gasteiger charge is -2.29. The van der Waals surface area contributed by atoms with E-state index in [9.17, 15) is 13.2 Å². The number of carbonyl (C=O) groups excluding carboxylic acids is 1. The second-order valence-corrected chi connectivity index (χ2v) is 11.9. The summed E-state index contributed by atoms with van der Waals surface area (Å²) in [4.78, 5) is 18.3. The molecule has 4 aromatic rings. The average Bonchev–Trinajstić information content (AvgIpc) is 2.93. The van der Waals surface area contributed by atoms with Gasteiger partial charge in [-0.1, -0.05) is 54.6 Å². The van der Waals surface area contributed by atoms with Crippen LogP contribution in [-0.4, -0.2) is 32.6 Å². The SMILES string of the molecule is COc1ccc2c(c1)C(CC(=O)c1ccc(NS(=O)(=O)c3ccccc3-c3ccccc3)cc1)=NC(C)(C)C2. The molecule has 6 nitrogen and oxygen atoms in total. The number of nitrogens with one attached hydrogen (secondary N) is 1. The summed E-state index contributed by atoms with van der Waals surface area (Å²) < 4.78 is 34.7. The second-order valence-electron chi connectivity index (χ2n) is 10.2. The number of nitrogens with zero attached hydrogens (tertiary/aromatic N) is 1. The maximum absolute atomic E-state index is 13.3. The van der Waals surface area contributed by atoms with E-state index < -0.39 is 10.0 Å². The number of benzene rings is 4. The minimum absolute atomic E-state index is 0.0935. The number of hydrogen-bond donors (Lipinski definition) is 1. The van der Waals surface area contributed by atoms with Gasteiger partial charge in [0.1, 0.15) is 5.75 Å². The Balaban J connectivity index is 1.35. The van der Waals surface area contributed by atoms with Crippen molar-refractivity contribution in [3.63, 3.8) is 0 Å². The van der Waals surface area contributed by atoms with E-state index in [2.05, 4.69) is 18.6 Å². The highest BCUT2D eigenvalue weighted by Gasteiger charge is 2.28. The zero-order chi connectivity index (χ0) is 27.6. The first kappa shape index (κ1) is 26.4. The molecular formula is C32H30N2O4S. The van der Waals surface area contributed by atoms with Gasteiger partial charge < -0.3 is 4.74 Å². The number of ether oxygens (including phenoxy) is 1. The summed E-state index contributed by atoms with van der Waals surface area (Å²) >= 11 is 0. The number of sulfonamides is 1. The van der Waals surface area contributed by atoms with Crippen LogP contribution >= 0.6 is 0 Å². The molecule has 0 unspecified atom stereocenters. The van der Waals surface area contributed by atoms with Crippen LogP contribution < -0.4 is 9.46 Å². The highest BCUT2D eigenvalue weighted by atomic mass is 32.2. The highest BCUT2D eigenvalue weighted by Crippen LogP contribution is 2.32. The van der Waals surface area contributed by atoms with E-state index in [0.29, 0.717) is 16.8 Å². The summed E-state index contributed by atoms with van der Waals surface area (Å²) in [5.41, 5.74) is 4.78. The fourth-order valence-electron chi connectivity index (χ4n) is 4.92. The van der Waals surface area contributed by atoms with Crippen molar-refractivity contribution in [1.82, 2.24) is 0 Å². The molecule has 0 saturated carbocycles. The van der Waals surface area contributed by atoms with Crippen molar-refractivity contribution in [2.45, 2.75) is 37.1 Å². The van der Waals surface area contributed by atoms with Gasteiger partial charge in [0, 0.05) is 22.4 Å². The van der Waals surface area contributed by atoms with Gasteiger partial charge in [0.05, 0.1) is 29.7 Å². The molecule has 1 aliphatic rings. The van der Waals surface area contributed by atoms with Crippen LogP contribution in [-0.2, 0) is 16.4 Å². The van der Waals surface area contributed by atoms with Crippen molar-refractivity contribution in [3.8, 4) is 16.9 Å². The summed E-state index contributed by atoms with van der Waals surface area (Å²) in [6, 6.07) is 28.7. The molecule has 1 N–H and O–H groups in total. The first-order chi connectivity index (χ1) is 18.6. The van der Waals surface area contributed by atoms with Crippen molar-refractivity contribution in [2.75, 3.05) is 11.8 Å². The lowest BCUT2D eigenvalue weighted by molar-refractivity contribution is 0.100. The van der Waals surface area contributed by atoms with E-state index >= 15 is 0 Å². The van der Waals surface area contributed by atoms with Gasteiger partial charge in [-0.05, 0) is 73.9 Å². The Morgan fingerprint density at radius 3 is 2.31 bits per heavy atom. The van der Waals surface area contributed by atoms with Crippen LogP contribution in [0.3, 0.4) is 0 Å². The maximum Gasteiger partial charge on any atom is 0.262 e. The molecule has 7 heteroatoms. The summed E-state index contributed by atoms with van der Waals surface area (Å²) in [7, 11) is -2.25. The van der Waals surface area contributed by atoms with Gasteiger partial charge in [-0.25, -0.2) is 8.42 Å². The number of carbonyl (C=O) groups is 1. The van der Waals surface area contributed by atoms with Gasteiger partial charge in [-0.3, -0.25) is 14.5 Å². The third-order valence-electron chi connectivity index (χ3n) is 6.74. The zero-order valence-corrected chi connectivity index (χ0v) is 23.0. The molecule has 0 fully saturated rings. The minimum atomic E-state index is -3.87. The van der Waals surface area contributed by atoms with Crippen LogP contribution in [0.1, 0.15) is 41.8 Å². The standard InChI is InChI=1S/C32H30N2O4S/c1-32(2)21-24-15-18-26(38-3)19-28(24)29(33-32)20-30(35)23-13-16-25(17-14-23)34-39(36,37)31-12-8-7-11-27(31)22-9-5-4-6-10-22/h4-19,34H,20-21H2,1-3H3. The molecule has 198 valence electrons. The van der Waals surface area contributed by atoms with E-state index in [1.165, 1.54) is 0 Å². The Bertz CT molecular complexity index is 1660. The molecule has 0 aromatic heterocycles. The maximum atomic E-state index is 13.3. The number of anilines is 1. The number of fused-ring (bicyclic) bond motifs is 1. The van der Waals surface area contributed by atoms with Crippen LogP contribution in [0.25, 0.3) is 11.1 Å². The molecule has 0 spiro atoms. The number of Topliss-reactive ketones (excluding diaryl/α,β-unsaturated/α-hetero) is 1. The van der Waals surface area contributed by atoms with Gasteiger partial charge in [0.25, 0.3) is 10.0 Å². The lowest BCUT2D eigenvalue weighted by atomic mass is 9.85. The Hall–Kier alpha value is -4.23. The van der Waals surface area contributed by atoms with Crippen molar-refractivity contribution in [3.05, 3.63) is 114 Å². The van der Waals surface area contributed by atoms with E-state index in [1.54, 1.807) is 49.6 Å². The molecule has 39 heavy (non-hydrogen) atoms. The minimum Gasteiger partial charge on any atom is -0.497 e. The van der Waals surface area contributed by atoms with Crippen molar-refractivity contribution in [1.29, 1.82) is 0 Å². The highest BCUT2D eigenvalue weighted by molar-refractivity contribution is 7.92. The predicted octanol–water partition coefficient (Wildman–Crippen LogP) is 6.56. The fourth-order valence-corrected chi connectivity index (χ4v) is 6.21. The number of hydrogen-bond acceptors (Lipinski definition) is 5. The van der Waals surface area contributed by atoms with Crippen LogP contribution in [0.2, 0.25) is 0 Å². The molecule has 4 aromatic carbocycles. The Morgan fingerprint density at radius 1 is 0.897 bits per heavy atom. The summed E-state index contributed by atoms with van der Waals surface area (Å²) in [5, 5.41) is 0. The van der Waals surface area contributed by atoms with Gasteiger partial charge in [0.2, 0.25) is 0 Å². The number of rotatable bonds is 8. The van der Waals surface area contributed by atoms with Gasteiger partial charge in [0.15, 0.2) is 5.78 Å². The lowest BCUT2D eigenvalue weighted by Crippen LogP contribution is -2.30. The topological polar surface area (TPSA) is 84.8 Å². The van der Waals surface area contributed by atoms with Crippen molar-refractivity contribution >= 4 is 27.2 Å². The molecular weight excluding hydrogens is 508 g/mol. The first-order valence-corrected chi connectivity index (χ1v) is 14.2. The molecule has 0 saturated heterocycles. The molecule has 5 rings (SSSR count). The third-order valence-corrected chi connectivity index (χ3v) is 8.18. The van der Waals surface area contributed by atoms with Crippen LogP contribution in [0.15, 0.2) is 107 Å². The van der Waals surface area contributed by atoms with Crippen LogP contribution in [0.4, 0.5) is 5.69 Å². The van der Waals surface area contributed by atoms with Crippen molar-refractivity contribution < 1.29 is 17.9 Å². The first-order valence-electron chi connectivity index (χ1n) is 12.7. The molecule has 0 atom stereocenters. The molecule has 0 bridgehead atoms. The largest absolute Gasteiger partial charge is 0.497 e. The summed E-state index contributed by atoms with van der Waals surface area (Å²) in [6.45, 7) is 4.11. The van der Waals surface area contributed by atoms with Crippen LogP contribution in [0, 0.1) is 0 Å². The van der Waals surface area contributed by atoms with E-state index in [0.717, 1.165) is 34.6 Å². The normalized spacial score (nSPS) is 14.2. The van der Waals surface area contributed by atoms with E-state index in [1.807, 2.05) is 54.6 Å². The smallest absolute Gasteiger partial charge is 0.262 e. The Labute approximate surface area is 229 Å². The average molecular weight is 539 g/mol. The molecule has 1 aliphatic heterocycles. The predicted molar refractivity (Wildman–Crippen MR) is 155 cm³/mol. The van der Waals surface area contributed by atoms with Crippen LogP contribution in [0.5, 0.6) is 5.75 Å². The zero-order valence-electron chi connectivity index (χ0n) is 22.1. The monoisotopic (exact) mass is 538 g/mol. The number of ketones is 1. The molecule has 0 amide bonds. The Kier molecular flexibility index (Phi) is 7.10. The van der Waals surface area contributed by atoms with Gasteiger partial charge >= 0.3 is 0 Å². The molecule has 1 heterocycles. The summed E-state index contributed by atoms with van der Waals surface area (Å²) in [6.07, 6.45) is 0.922. The third kappa shape index (κ3) is 5.78. The van der Waals surface area contributed by atoms with E-state index in [-0.39, 0.29) is 22.6 Å². The number of aliphatic imine (C=N–C) groups is 1. The van der Waals surface area contributed by atoms with Gasteiger partial charge in [-0.2, -0.15) is 0 Å². The second kappa shape index (κ2) is 10.5. The van der Waals surface area contributed by atoms with E-state index in [4.69, 9.17) is 9.73 Å².